The first-order valence-electron chi connectivity index (χ1n) is 9.60. The lowest BCUT2D eigenvalue weighted by Crippen LogP contribution is -2.28. The van der Waals surface area contributed by atoms with E-state index in [1.54, 1.807) is 42.7 Å². The standard InChI is InChI=1S/C23H17ClN2O3S/c1-22-16-12-25-13-17(24)20(16)23(2,29-22)21-19(22)15-10-6-7-11-18(15)26(21)30(27,28)14-8-4-3-5-9-14/h3-13H,1-2H3. The van der Waals surface area contributed by atoms with Crippen LogP contribution in [0.25, 0.3) is 10.9 Å². The van der Waals surface area contributed by atoms with Crippen molar-refractivity contribution in [2.75, 3.05) is 0 Å². The van der Waals surface area contributed by atoms with Crippen LogP contribution in [0.2, 0.25) is 5.02 Å². The average Bonchev–Trinajstić information content (AvgIpc) is 3.30. The third-order valence-electron chi connectivity index (χ3n) is 6.34. The summed E-state index contributed by atoms with van der Waals surface area (Å²) in [6, 6.07) is 16.0. The minimum Gasteiger partial charge on any atom is -0.348 e. The van der Waals surface area contributed by atoms with Crippen molar-refractivity contribution in [3.05, 3.63) is 94.4 Å². The minimum absolute atomic E-state index is 0.228. The average molecular weight is 437 g/mol. The lowest BCUT2D eigenvalue weighted by molar-refractivity contribution is -0.0530. The first kappa shape index (κ1) is 18.1. The molecule has 30 heavy (non-hydrogen) atoms. The van der Waals surface area contributed by atoms with Crippen molar-refractivity contribution in [1.29, 1.82) is 0 Å². The van der Waals surface area contributed by atoms with Crippen LogP contribution in [0.1, 0.15) is 36.2 Å². The van der Waals surface area contributed by atoms with Crippen molar-refractivity contribution in [2.24, 2.45) is 0 Å². The highest BCUT2D eigenvalue weighted by Gasteiger charge is 2.63. The molecule has 0 fully saturated rings. The lowest BCUT2D eigenvalue weighted by atomic mass is 9.77. The SMILES string of the molecule is CC12OC(C)(c3c(Cl)cncc31)c1c2c2ccccc2n1S(=O)(=O)c1ccccc1. The molecule has 0 radical (unpaired) electrons. The smallest absolute Gasteiger partial charge is 0.268 e. The van der Waals surface area contributed by atoms with Gasteiger partial charge in [-0.3, -0.25) is 4.98 Å². The summed E-state index contributed by atoms with van der Waals surface area (Å²) in [6.45, 7) is 3.86. The van der Waals surface area contributed by atoms with Crippen LogP contribution in [0, 0.1) is 0 Å². The Labute approximate surface area is 178 Å². The quantitative estimate of drug-likeness (QED) is 0.453. The predicted octanol–water partition coefficient (Wildman–Crippen LogP) is 4.80. The number of fused-ring (bicyclic) bond motifs is 10. The van der Waals surface area contributed by atoms with Gasteiger partial charge in [0.15, 0.2) is 0 Å². The third-order valence-corrected chi connectivity index (χ3v) is 8.36. The van der Waals surface area contributed by atoms with Crippen molar-refractivity contribution < 1.29 is 13.2 Å². The molecule has 2 atom stereocenters. The summed E-state index contributed by atoms with van der Waals surface area (Å²) < 4.78 is 35.7. The van der Waals surface area contributed by atoms with Crippen LogP contribution in [0.3, 0.4) is 0 Å². The molecule has 150 valence electrons. The van der Waals surface area contributed by atoms with Crippen molar-refractivity contribution in [3.63, 3.8) is 0 Å². The molecule has 0 aliphatic carbocycles. The first-order valence-corrected chi connectivity index (χ1v) is 11.4. The molecule has 0 amide bonds. The van der Waals surface area contributed by atoms with E-state index < -0.39 is 21.2 Å². The number of benzene rings is 2. The molecule has 0 saturated heterocycles. The van der Waals surface area contributed by atoms with Gasteiger partial charge in [-0.2, -0.15) is 0 Å². The fourth-order valence-electron chi connectivity index (χ4n) is 5.22. The Morgan fingerprint density at radius 1 is 0.933 bits per heavy atom. The third kappa shape index (κ3) is 1.92. The molecular weight excluding hydrogens is 420 g/mol. The molecule has 6 rings (SSSR count). The van der Waals surface area contributed by atoms with E-state index in [2.05, 4.69) is 4.98 Å². The Morgan fingerprint density at radius 2 is 1.63 bits per heavy atom. The van der Waals surface area contributed by atoms with Gasteiger partial charge in [-0.15, -0.1) is 0 Å². The number of para-hydroxylation sites is 1. The first-order chi connectivity index (χ1) is 14.3. The summed E-state index contributed by atoms with van der Waals surface area (Å²) >= 11 is 6.56. The summed E-state index contributed by atoms with van der Waals surface area (Å²) in [7, 11) is -3.87. The molecule has 2 aliphatic heterocycles. The van der Waals surface area contributed by atoms with E-state index >= 15 is 0 Å². The number of ether oxygens (including phenoxy) is 1. The maximum absolute atomic E-state index is 13.9. The van der Waals surface area contributed by atoms with Gasteiger partial charge >= 0.3 is 0 Å². The number of aromatic nitrogens is 2. The van der Waals surface area contributed by atoms with Crippen LogP contribution in [-0.2, 0) is 26.0 Å². The molecule has 4 aromatic rings. The zero-order chi connectivity index (χ0) is 20.9. The predicted molar refractivity (Wildman–Crippen MR) is 114 cm³/mol. The van der Waals surface area contributed by atoms with E-state index in [9.17, 15) is 8.42 Å². The molecule has 0 saturated carbocycles. The second kappa shape index (κ2) is 5.52. The highest BCUT2D eigenvalue weighted by molar-refractivity contribution is 7.90. The topological polar surface area (TPSA) is 61.2 Å². The van der Waals surface area contributed by atoms with Gasteiger partial charge in [0.25, 0.3) is 10.0 Å². The van der Waals surface area contributed by atoms with E-state index in [0.29, 0.717) is 16.2 Å². The molecule has 2 unspecified atom stereocenters. The zero-order valence-corrected chi connectivity index (χ0v) is 17.8. The molecule has 0 N–H and O–H groups in total. The maximum atomic E-state index is 13.9. The Hall–Kier alpha value is -2.67. The van der Waals surface area contributed by atoms with Gasteiger partial charge in [0.2, 0.25) is 0 Å². The van der Waals surface area contributed by atoms with E-state index in [4.69, 9.17) is 16.3 Å². The Kier molecular flexibility index (Phi) is 3.33. The van der Waals surface area contributed by atoms with Gasteiger partial charge in [0.05, 0.1) is 21.1 Å². The minimum atomic E-state index is -3.87. The van der Waals surface area contributed by atoms with Gasteiger partial charge in [-0.05, 0) is 32.0 Å². The highest BCUT2D eigenvalue weighted by atomic mass is 35.5. The molecular formula is C23H17ClN2O3S. The van der Waals surface area contributed by atoms with Crippen LogP contribution in [-0.4, -0.2) is 17.4 Å². The number of nitrogens with zero attached hydrogens (tertiary/aromatic N) is 2. The van der Waals surface area contributed by atoms with Gasteiger partial charge in [-0.1, -0.05) is 48.0 Å². The van der Waals surface area contributed by atoms with Crippen LogP contribution in [0.15, 0.2) is 71.9 Å². The number of pyridine rings is 1. The number of hydrogen-bond donors (Lipinski definition) is 0. The van der Waals surface area contributed by atoms with E-state index in [1.165, 1.54) is 3.97 Å². The van der Waals surface area contributed by atoms with Crippen LogP contribution in [0.5, 0.6) is 0 Å². The van der Waals surface area contributed by atoms with Gasteiger partial charge in [-0.25, -0.2) is 12.4 Å². The summed E-state index contributed by atoms with van der Waals surface area (Å²) in [6.07, 6.45) is 3.35. The molecule has 2 aromatic heterocycles. The second-order valence-corrected chi connectivity index (χ2v) is 10.2. The number of halogens is 1. The second-order valence-electron chi connectivity index (χ2n) is 8.04. The van der Waals surface area contributed by atoms with Crippen LogP contribution in [0.4, 0.5) is 0 Å². The molecule has 2 aliphatic rings. The Morgan fingerprint density at radius 3 is 2.40 bits per heavy atom. The fourth-order valence-corrected chi connectivity index (χ4v) is 7.20. The Bertz CT molecular complexity index is 1480. The molecule has 0 spiro atoms. The number of hydrogen-bond acceptors (Lipinski definition) is 4. The largest absolute Gasteiger partial charge is 0.348 e. The van der Waals surface area contributed by atoms with Crippen molar-refractivity contribution in [3.8, 4) is 0 Å². The fraction of sp³-hybridized carbons (Fsp3) is 0.174. The Balaban J connectivity index is 1.80. The van der Waals surface area contributed by atoms with E-state index in [0.717, 1.165) is 22.1 Å². The summed E-state index contributed by atoms with van der Waals surface area (Å²) in [5.41, 5.74) is 1.90. The van der Waals surface area contributed by atoms with Crippen molar-refractivity contribution in [1.82, 2.24) is 8.96 Å². The molecule has 2 bridgehead atoms. The van der Waals surface area contributed by atoms with Gasteiger partial charge in [0, 0.05) is 34.5 Å². The molecule has 2 aromatic carbocycles. The molecule has 5 nitrogen and oxygen atoms in total. The summed E-state index contributed by atoms with van der Waals surface area (Å²) in [4.78, 5) is 4.50. The van der Waals surface area contributed by atoms with Crippen molar-refractivity contribution >= 4 is 32.5 Å². The highest BCUT2D eigenvalue weighted by Crippen LogP contribution is 2.64. The summed E-state index contributed by atoms with van der Waals surface area (Å²) in [5.74, 6) is 0. The normalized spacial score (nSPS) is 24.2. The summed E-state index contributed by atoms with van der Waals surface area (Å²) in [5, 5.41) is 1.32. The lowest BCUT2D eigenvalue weighted by Gasteiger charge is -2.26. The van der Waals surface area contributed by atoms with Gasteiger partial charge in [0.1, 0.15) is 11.2 Å². The van der Waals surface area contributed by atoms with E-state index in [1.807, 2.05) is 38.1 Å². The van der Waals surface area contributed by atoms with Crippen LogP contribution < -0.4 is 0 Å². The molecule has 7 heteroatoms. The maximum Gasteiger partial charge on any atom is 0.268 e. The molecule has 4 heterocycles. The van der Waals surface area contributed by atoms with Crippen molar-refractivity contribution in [2.45, 2.75) is 29.9 Å². The zero-order valence-electron chi connectivity index (χ0n) is 16.3. The van der Waals surface area contributed by atoms with Crippen LogP contribution >= 0.6 is 11.6 Å². The van der Waals surface area contributed by atoms with E-state index in [-0.39, 0.29) is 4.90 Å². The van der Waals surface area contributed by atoms with Gasteiger partial charge < -0.3 is 4.74 Å². The number of rotatable bonds is 2. The monoisotopic (exact) mass is 436 g/mol.